The average molecular weight is 384 g/mol. The van der Waals surface area contributed by atoms with Crippen LogP contribution in [0.1, 0.15) is 18.1 Å². The molecule has 1 aromatic carbocycles. The number of nitrogens with one attached hydrogen (secondary N) is 1. The van der Waals surface area contributed by atoms with Crippen LogP contribution in [0.4, 0.5) is 5.69 Å². The number of hydrogen-bond acceptors (Lipinski definition) is 2. The highest BCUT2D eigenvalue weighted by Crippen LogP contribution is 2.18. The first kappa shape index (κ1) is 14.5. The van der Waals surface area contributed by atoms with Crippen LogP contribution in [0.15, 0.2) is 45.6 Å². The van der Waals surface area contributed by atoms with Crippen molar-refractivity contribution in [2.45, 2.75) is 26.3 Å². The van der Waals surface area contributed by atoms with Gasteiger partial charge in [0.1, 0.15) is 4.60 Å². The molecule has 19 heavy (non-hydrogen) atoms. The summed E-state index contributed by atoms with van der Waals surface area (Å²) < 4.78 is 2.02. The van der Waals surface area contributed by atoms with Crippen molar-refractivity contribution in [2.75, 3.05) is 5.32 Å². The van der Waals surface area contributed by atoms with E-state index in [2.05, 4.69) is 79.4 Å². The van der Waals surface area contributed by atoms with Crippen molar-refractivity contribution >= 4 is 37.5 Å². The van der Waals surface area contributed by atoms with E-state index >= 15 is 0 Å². The van der Waals surface area contributed by atoms with Crippen molar-refractivity contribution in [2.24, 2.45) is 0 Å². The summed E-state index contributed by atoms with van der Waals surface area (Å²) in [6.45, 7) is 4.22. The molecule has 0 aliphatic carbocycles. The van der Waals surface area contributed by atoms with Gasteiger partial charge in [-0.25, -0.2) is 4.98 Å². The number of anilines is 1. The molecule has 2 nitrogen and oxygen atoms in total. The van der Waals surface area contributed by atoms with Crippen molar-refractivity contribution in [3.05, 3.63) is 56.7 Å². The lowest BCUT2D eigenvalue weighted by Crippen LogP contribution is -2.18. The maximum Gasteiger partial charge on any atom is 0.109 e. The Morgan fingerprint density at radius 2 is 1.89 bits per heavy atom. The Labute approximate surface area is 130 Å². The molecule has 1 unspecified atom stereocenters. The molecule has 0 spiro atoms. The number of halogens is 2. The highest BCUT2D eigenvalue weighted by Gasteiger charge is 2.05. The predicted octanol–water partition coefficient (Wildman–Crippen LogP) is 4.96. The predicted molar refractivity (Wildman–Crippen MR) is 87.6 cm³/mol. The second kappa shape index (κ2) is 6.53. The van der Waals surface area contributed by atoms with Crippen LogP contribution in [0.5, 0.6) is 0 Å². The highest BCUT2D eigenvalue weighted by atomic mass is 79.9. The van der Waals surface area contributed by atoms with E-state index in [9.17, 15) is 0 Å². The number of pyridine rings is 1. The van der Waals surface area contributed by atoms with Crippen LogP contribution in [0.3, 0.4) is 0 Å². The number of benzene rings is 1. The smallest absolute Gasteiger partial charge is 0.109 e. The monoisotopic (exact) mass is 382 g/mol. The van der Waals surface area contributed by atoms with Gasteiger partial charge >= 0.3 is 0 Å². The third kappa shape index (κ3) is 4.32. The Bertz CT molecular complexity index is 553. The van der Waals surface area contributed by atoms with Gasteiger partial charge in [0.2, 0.25) is 0 Å². The minimum absolute atomic E-state index is 0.364. The number of nitrogens with zero attached hydrogens (tertiary/aromatic N) is 1. The molecule has 0 aliphatic rings. The van der Waals surface area contributed by atoms with Crippen LogP contribution in [0, 0.1) is 6.92 Å². The van der Waals surface area contributed by atoms with Crippen molar-refractivity contribution in [3.63, 3.8) is 0 Å². The first-order valence-electron chi connectivity index (χ1n) is 6.17. The molecular formula is C15H16Br2N2. The molecule has 1 N–H and O–H groups in total. The third-order valence-electron chi connectivity index (χ3n) is 2.88. The lowest BCUT2D eigenvalue weighted by molar-refractivity contribution is 0.789. The van der Waals surface area contributed by atoms with Gasteiger partial charge in [-0.2, -0.15) is 0 Å². The van der Waals surface area contributed by atoms with Crippen LogP contribution in [-0.2, 0) is 6.42 Å². The normalized spacial score (nSPS) is 12.2. The van der Waals surface area contributed by atoms with E-state index in [4.69, 9.17) is 0 Å². The number of rotatable bonds is 4. The maximum absolute atomic E-state index is 4.30. The van der Waals surface area contributed by atoms with E-state index in [1.165, 1.54) is 5.56 Å². The SMILES string of the molecule is Cc1cc(NC(C)Cc2ccc(Br)cc2)cnc1Br. The molecule has 0 radical (unpaired) electrons. The first-order chi connectivity index (χ1) is 9.04. The summed E-state index contributed by atoms with van der Waals surface area (Å²) in [5.41, 5.74) is 3.52. The molecule has 100 valence electrons. The van der Waals surface area contributed by atoms with Gasteiger partial charge in [-0.1, -0.05) is 28.1 Å². The fourth-order valence-corrected chi connectivity index (χ4v) is 2.43. The molecule has 2 rings (SSSR count). The highest BCUT2D eigenvalue weighted by molar-refractivity contribution is 9.10. The Morgan fingerprint density at radius 1 is 1.21 bits per heavy atom. The molecule has 0 amide bonds. The molecule has 4 heteroatoms. The van der Waals surface area contributed by atoms with Gasteiger partial charge < -0.3 is 5.32 Å². The minimum atomic E-state index is 0.364. The summed E-state index contributed by atoms with van der Waals surface area (Å²) >= 11 is 6.86. The summed E-state index contributed by atoms with van der Waals surface area (Å²) in [6, 6.07) is 10.9. The zero-order valence-corrected chi connectivity index (χ0v) is 14.1. The summed E-state index contributed by atoms with van der Waals surface area (Å²) in [4.78, 5) is 4.30. The molecule has 2 aromatic rings. The van der Waals surface area contributed by atoms with Gasteiger partial charge in [0, 0.05) is 10.5 Å². The van der Waals surface area contributed by atoms with E-state index < -0.39 is 0 Å². The molecule has 0 bridgehead atoms. The van der Waals surface area contributed by atoms with Crippen molar-refractivity contribution in [1.82, 2.24) is 4.98 Å². The number of aryl methyl sites for hydroxylation is 1. The molecule has 1 atom stereocenters. The number of aromatic nitrogens is 1. The first-order valence-corrected chi connectivity index (χ1v) is 7.76. The Hall–Kier alpha value is -0.870. The number of hydrogen-bond donors (Lipinski definition) is 1. The van der Waals surface area contributed by atoms with Crippen LogP contribution in [0.25, 0.3) is 0 Å². The van der Waals surface area contributed by atoms with Crippen LogP contribution in [0.2, 0.25) is 0 Å². The minimum Gasteiger partial charge on any atom is -0.381 e. The van der Waals surface area contributed by atoms with E-state index in [0.717, 1.165) is 26.7 Å². The van der Waals surface area contributed by atoms with E-state index in [1.807, 2.05) is 13.1 Å². The molecule has 0 fully saturated rings. The lowest BCUT2D eigenvalue weighted by Gasteiger charge is -2.15. The summed E-state index contributed by atoms with van der Waals surface area (Å²) in [7, 11) is 0. The van der Waals surface area contributed by atoms with E-state index in [0.29, 0.717) is 6.04 Å². The van der Waals surface area contributed by atoms with Gasteiger partial charge in [0.25, 0.3) is 0 Å². The van der Waals surface area contributed by atoms with Gasteiger partial charge in [-0.05, 0) is 65.5 Å². The van der Waals surface area contributed by atoms with Gasteiger partial charge in [0.15, 0.2) is 0 Å². The van der Waals surface area contributed by atoms with E-state index in [1.54, 1.807) is 0 Å². The molecule has 0 aliphatic heterocycles. The van der Waals surface area contributed by atoms with Crippen LogP contribution in [-0.4, -0.2) is 11.0 Å². The van der Waals surface area contributed by atoms with Crippen molar-refractivity contribution in [3.8, 4) is 0 Å². The second-order valence-electron chi connectivity index (χ2n) is 4.71. The summed E-state index contributed by atoms with van der Waals surface area (Å²) in [5, 5.41) is 3.48. The maximum atomic E-state index is 4.30. The van der Waals surface area contributed by atoms with E-state index in [-0.39, 0.29) is 0 Å². The molecule has 1 aromatic heterocycles. The standard InChI is InChI=1S/C15H16Br2N2/c1-10-7-14(9-18-15(10)17)19-11(2)8-12-3-5-13(16)6-4-12/h3-7,9,11,19H,8H2,1-2H3. The quantitative estimate of drug-likeness (QED) is 0.754. The summed E-state index contributed by atoms with van der Waals surface area (Å²) in [6.07, 6.45) is 2.84. The molecular weight excluding hydrogens is 368 g/mol. The zero-order chi connectivity index (χ0) is 13.8. The third-order valence-corrected chi connectivity index (χ3v) is 4.24. The van der Waals surface area contributed by atoms with Gasteiger partial charge in [-0.15, -0.1) is 0 Å². The molecule has 0 saturated carbocycles. The van der Waals surface area contributed by atoms with Crippen LogP contribution < -0.4 is 5.32 Å². The Morgan fingerprint density at radius 3 is 2.53 bits per heavy atom. The van der Waals surface area contributed by atoms with Gasteiger partial charge in [-0.3, -0.25) is 0 Å². The zero-order valence-electron chi connectivity index (χ0n) is 11.0. The Balaban J connectivity index is 1.98. The second-order valence-corrected chi connectivity index (χ2v) is 6.37. The summed E-state index contributed by atoms with van der Waals surface area (Å²) in [5.74, 6) is 0. The fourth-order valence-electron chi connectivity index (χ4n) is 1.95. The van der Waals surface area contributed by atoms with Crippen molar-refractivity contribution in [1.29, 1.82) is 0 Å². The van der Waals surface area contributed by atoms with Crippen LogP contribution >= 0.6 is 31.9 Å². The fraction of sp³-hybridized carbons (Fsp3) is 0.267. The lowest BCUT2D eigenvalue weighted by atomic mass is 10.1. The Kier molecular flexibility index (Phi) is 4.99. The topological polar surface area (TPSA) is 24.9 Å². The average Bonchev–Trinajstić information content (AvgIpc) is 2.37. The van der Waals surface area contributed by atoms with Crippen molar-refractivity contribution < 1.29 is 0 Å². The van der Waals surface area contributed by atoms with Gasteiger partial charge in [0.05, 0.1) is 11.9 Å². The molecule has 1 heterocycles. The molecule has 0 saturated heterocycles. The largest absolute Gasteiger partial charge is 0.381 e.